The van der Waals surface area contributed by atoms with Gasteiger partial charge in [0.05, 0.1) is 4.99 Å². The van der Waals surface area contributed by atoms with Crippen molar-refractivity contribution in [2.45, 2.75) is 58.9 Å². The predicted octanol–water partition coefficient (Wildman–Crippen LogP) is 2.95. The van der Waals surface area contributed by atoms with E-state index in [1.165, 1.54) is 38.8 Å². The molecule has 3 heteroatoms. The molecule has 0 aliphatic carbocycles. The smallest absolute Gasteiger partial charge is 0.0784 e. The molecule has 1 unspecified atom stereocenters. The second kappa shape index (κ2) is 5.97. The largest absolute Gasteiger partial charge is 0.393 e. The molecule has 0 radical (unpaired) electrons. The van der Waals surface area contributed by atoms with Gasteiger partial charge in [0.1, 0.15) is 0 Å². The van der Waals surface area contributed by atoms with Crippen LogP contribution in [0.15, 0.2) is 0 Å². The normalized spacial score (nSPS) is 22.6. The van der Waals surface area contributed by atoms with Gasteiger partial charge in [-0.25, -0.2) is 0 Å². The van der Waals surface area contributed by atoms with Crippen LogP contribution >= 0.6 is 12.2 Å². The molecule has 0 amide bonds. The van der Waals surface area contributed by atoms with Gasteiger partial charge in [0.15, 0.2) is 0 Å². The highest BCUT2D eigenvalue weighted by Gasteiger charge is 2.24. The van der Waals surface area contributed by atoms with Crippen LogP contribution in [0.4, 0.5) is 0 Å². The van der Waals surface area contributed by atoms with E-state index in [2.05, 4.69) is 25.7 Å². The minimum absolute atomic E-state index is 0.0246. The number of thiocarbonyl (C=S) groups is 1. The van der Waals surface area contributed by atoms with E-state index in [0.717, 1.165) is 12.5 Å². The molecule has 2 N–H and O–H groups in total. The van der Waals surface area contributed by atoms with Gasteiger partial charge in [-0.3, -0.25) is 0 Å². The van der Waals surface area contributed by atoms with Gasteiger partial charge in [0, 0.05) is 11.5 Å². The Bertz CT molecular complexity index is 238. The fraction of sp³-hybridized carbons (Fsp3) is 0.923. The summed E-state index contributed by atoms with van der Waals surface area (Å²) in [5.74, 6) is 0. The van der Waals surface area contributed by atoms with Crippen LogP contribution in [0.25, 0.3) is 0 Å². The lowest BCUT2D eigenvalue weighted by Gasteiger charge is -2.27. The summed E-state index contributed by atoms with van der Waals surface area (Å²) in [4.78, 5) is 3.29. The first-order chi connectivity index (χ1) is 7.47. The van der Waals surface area contributed by atoms with Crippen molar-refractivity contribution in [3.8, 4) is 0 Å². The molecule has 94 valence electrons. The third-order valence-electron chi connectivity index (χ3n) is 3.88. The van der Waals surface area contributed by atoms with Gasteiger partial charge >= 0.3 is 0 Å². The molecular formula is C13H26N2S. The second-order valence-electron chi connectivity index (χ2n) is 5.59. The Morgan fingerprint density at radius 2 is 2.19 bits per heavy atom. The van der Waals surface area contributed by atoms with Crippen molar-refractivity contribution >= 4 is 17.2 Å². The highest BCUT2D eigenvalue weighted by atomic mass is 32.1. The van der Waals surface area contributed by atoms with Crippen molar-refractivity contribution in [2.24, 2.45) is 11.1 Å². The van der Waals surface area contributed by atoms with E-state index < -0.39 is 0 Å². The van der Waals surface area contributed by atoms with Gasteiger partial charge in [-0.15, -0.1) is 0 Å². The Kier molecular flexibility index (Phi) is 5.19. The van der Waals surface area contributed by atoms with Gasteiger partial charge in [0.2, 0.25) is 0 Å². The van der Waals surface area contributed by atoms with E-state index >= 15 is 0 Å². The van der Waals surface area contributed by atoms with Crippen molar-refractivity contribution < 1.29 is 0 Å². The highest BCUT2D eigenvalue weighted by molar-refractivity contribution is 7.80. The molecule has 1 fully saturated rings. The van der Waals surface area contributed by atoms with Crippen molar-refractivity contribution in [3.63, 3.8) is 0 Å². The Morgan fingerprint density at radius 3 is 2.75 bits per heavy atom. The summed E-state index contributed by atoms with van der Waals surface area (Å²) in [5, 5.41) is 0. The van der Waals surface area contributed by atoms with Crippen LogP contribution in [0.2, 0.25) is 0 Å². The van der Waals surface area contributed by atoms with E-state index in [-0.39, 0.29) is 5.41 Å². The highest BCUT2D eigenvalue weighted by Crippen LogP contribution is 2.25. The summed E-state index contributed by atoms with van der Waals surface area (Å²) in [6, 6.07) is 0.827. The number of rotatable bonds is 6. The Balaban J connectivity index is 2.27. The summed E-state index contributed by atoms with van der Waals surface area (Å²) >= 11 is 5.09. The van der Waals surface area contributed by atoms with Crippen molar-refractivity contribution in [1.29, 1.82) is 0 Å². The third kappa shape index (κ3) is 3.70. The Labute approximate surface area is 106 Å². The first-order valence-electron chi connectivity index (χ1n) is 6.51. The quantitative estimate of drug-likeness (QED) is 0.726. The number of hydrogen-bond acceptors (Lipinski definition) is 2. The van der Waals surface area contributed by atoms with Crippen LogP contribution < -0.4 is 5.73 Å². The maximum Gasteiger partial charge on any atom is 0.0784 e. The van der Waals surface area contributed by atoms with Crippen LogP contribution in [-0.2, 0) is 0 Å². The molecule has 1 heterocycles. The third-order valence-corrected chi connectivity index (χ3v) is 4.44. The minimum atomic E-state index is 0.0246. The summed E-state index contributed by atoms with van der Waals surface area (Å²) in [6.07, 6.45) is 6.36. The first-order valence-corrected chi connectivity index (χ1v) is 6.92. The monoisotopic (exact) mass is 242 g/mol. The average molecular weight is 242 g/mol. The molecule has 0 aromatic heterocycles. The van der Waals surface area contributed by atoms with Gasteiger partial charge in [-0.05, 0) is 45.2 Å². The molecule has 0 aromatic carbocycles. The molecule has 2 nitrogen and oxygen atoms in total. The minimum Gasteiger partial charge on any atom is -0.393 e. The lowest BCUT2D eigenvalue weighted by Crippen LogP contribution is -2.33. The van der Waals surface area contributed by atoms with Crippen LogP contribution in [0.1, 0.15) is 52.9 Å². The van der Waals surface area contributed by atoms with E-state index in [9.17, 15) is 0 Å². The molecule has 1 saturated heterocycles. The van der Waals surface area contributed by atoms with E-state index in [4.69, 9.17) is 18.0 Å². The zero-order chi connectivity index (χ0) is 12.2. The van der Waals surface area contributed by atoms with Crippen molar-refractivity contribution in [3.05, 3.63) is 0 Å². The van der Waals surface area contributed by atoms with Crippen LogP contribution in [-0.4, -0.2) is 29.0 Å². The average Bonchev–Trinajstić information content (AvgIpc) is 2.64. The second-order valence-corrected chi connectivity index (χ2v) is 6.03. The summed E-state index contributed by atoms with van der Waals surface area (Å²) < 4.78 is 0. The molecule has 0 bridgehead atoms. The number of nitrogens with zero attached hydrogens (tertiary/aromatic N) is 1. The molecule has 0 aromatic rings. The SMILES string of the molecule is CCC1CCCN1CCCC(C)(C)C(N)=S. The molecule has 1 aliphatic rings. The lowest BCUT2D eigenvalue weighted by molar-refractivity contribution is 0.235. The van der Waals surface area contributed by atoms with Crippen LogP contribution in [0.3, 0.4) is 0 Å². The van der Waals surface area contributed by atoms with E-state index in [0.29, 0.717) is 4.99 Å². The summed E-state index contributed by atoms with van der Waals surface area (Å²) in [6.45, 7) is 9.09. The van der Waals surface area contributed by atoms with Crippen LogP contribution in [0.5, 0.6) is 0 Å². The molecule has 0 saturated carbocycles. The summed E-state index contributed by atoms with van der Waals surface area (Å²) in [7, 11) is 0. The molecule has 1 atom stereocenters. The predicted molar refractivity (Wildman–Crippen MR) is 74.7 cm³/mol. The molecule has 1 aliphatic heterocycles. The molecule has 0 spiro atoms. The fourth-order valence-electron chi connectivity index (χ4n) is 2.50. The summed E-state index contributed by atoms with van der Waals surface area (Å²) in [5.41, 5.74) is 5.76. The first kappa shape index (κ1) is 13.9. The number of hydrogen-bond donors (Lipinski definition) is 1. The van der Waals surface area contributed by atoms with Gasteiger partial charge in [-0.1, -0.05) is 33.0 Å². The molecule has 1 rings (SSSR count). The van der Waals surface area contributed by atoms with E-state index in [1.54, 1.807) is 0 Å². The van der Waals surface area contributed by atoms with Crippen molar-refractivity contribution in [1.82, 2.24) is 4.90 Å². The molecule has 16 heavy (non-hydrogen) atoms. The van der Waals surface area contributed by atoms with Gasteiger partial charge in [0.25, 0.3) is 0 Å². The number of nitrogens with two attached hydrogens (primary N) is 1. The Morgan fingerprint density at radius 1 is 1.50 bits per heavy atom. The standard InChI is InChI=1S/C13H26N2S/c1-4-11-7-5-9-15(11)10-6-8-13(2,3)12(14)16/h11H,4-10H2,1-3H3,(H2,14,16). The topological polar surface area (TPSA) is 29.3 Å². The Hall–Kier alpha value is -0.150. The fourth-order valence-corrected chi connectivity index (χ4v) is 2.60. The zero-order valence-electron chi connectivity index (χ0n) is 11.0. The lowest BCUT2D eigenvalue weighted by atomic mass is 9.88. The van der Waals surface area contributed by atoms with Crippen molar-refractivity contribution in [2.75, 3.05) is 13.1 Å². The maximum atomic E-state index is 5.74. The van der Waals surface area contributed by atoms with E-state index in [1.807, 2.05) is 0 Å². The maximum absolute atomic E-state index is 5.74. The zero-order valence-corrected chi connectivity index (χ0v) is 11.8. The number of likely N-dealkylation sites (tertiary alicyclic amines) is 1. The van der Waals surface area contributed by atoms with Gasteiger partial charge < -0.3 is 10.6 Å². The van der Waals surface area contributed by atoms with Crippen LogP contribution in [0, 0.1) is 5.41 Å². The van der Waals surface area contributed by atoms with Gasteiger partial charge in [-0.2, -0.15) is 0 Å². The molecular weight excluding hydrogens is 216 g/mol.